The molecule has 2 heterocycles. The van der Waals surface area contributed by atoms with Crippen molar-refractivity contribution < 1.29 is 23.2 Å². The zero-order chi connectivity index (χ0) is 20.4. The maximum Gasteiger partial charge on any atom is 0.339 e. The molecule has 0 bridgehead atoms. The normalized spacial score (nSPS) is 11.9. The van der Waals surface area contributed by atoms with E-state index in [2.05, 4.69) is 15.4 Å². The molecule has 2 amide bonds. The van der Waals surface area contributed by atoms with Gasteiger partial charge >= 0.3 is 6.03 Å². The second-order valence-corrected chi connectivity index (χ2v) is 6.22. The maximum absolute atomic E-state index is 14.6. The van der Waals surface area contributed by atoms with Crippen LogP contribution in [0.2, 0.25) is 5.02 Å². The van der Waals surface area contributed by atoms with Gasteiger partial charge in [0.15, 0.2) is 11.6 Å². The highest BCUT2D eigenvalue weighted by Crippen LogP contribution is 2.33. The number of carbonyl (C=O) groups is 1. The second kappa shape index (κ2) is 7.87. The SMILES string of the molecule is C[C@@H](NC(=O)NO)c1ncc(-c2cc(Cl)cc(F)c2-n2cc(F)cn2)cc1F. The molecular formula is C17H13ClF3N5O2. The highest BCUT2D eigenvalue weighted by atomic mass is 35.5. The van der Waals surface area contributed by atoms with E-state index in [9.17, 15) is 18.0 Å². The number of pyridine rings is 1. The summed E-state index contributed by atoms with van der Waals surface area (Å²) in [5, 5.41) is 14.6. The fourth-order valence-corrected chi connectivity index (χ4v) is 2.86. The van der Waals surface area contributed by atoms with Gasteiger partial charge in [0.2, 0.25) is 0 Å². The summed E-state index contributed by atoms with van der Waals surface area (Å²) < 4.78 is 43.4. The highest BCUT2D eigenvalue weighted by molar-refractivity contribution is 6.31. The van der Waals surface area contributed by atoms with Crippen LogP contribution < -0.4 is 10.8 Å². The molecule has 3 rings (SSSR count). The lowest BCUT2D eigenvalue weighted by Gasteiger charge is -2.15. The molecule has 0 fully saturated rings. The first kappa shape index (κ1) is 19.6. The molecule has 0 unspecified atom stereocenters. The number of hydrogen-bond donors (Lipinski definition) is 3. The van der Waals surface area contributed by atoms with Crippen molar-refractivity contribution in [3.63, 3.8) is 0 Å². The summed E-state index contributed by atoms with van der Waals surface area (Å²) in [6.45, 7) is 1.46. The van der Waals surface area contributed by atoms with E-state index in [1.54, 1.807) is 0 Å². The topological polar surface area (TPSA) is 92.1 Å². The average molecular weight is 412 g/mol. The van der Waals surface area contributed by atoms with E-state index >= 15 is 0 Å². The fourth-order valence-electron chi connectivity index (χ4n) is 2.65. The van der Waals surface area contributed by atoms with Gasteiger partial charge in [-0.2, -0.15) is 5.10 Å². The zero-order valence-electron chi connectivity index (χ0n) is 14.3. The molecule has 1 aromatic carbocycles. The molecule has 146 valence electrons. The van der Waals surface area contributed by atoms with Crippen LogP contribution in [0.15, 0.2) is 36.8 Å². The minimum Gasteiger partial charge on any atom is -0.328 e. The third-order valence-corrected chi connectivity index (χ3v) is 4.07. The number of nitrogens with zero attached hydrogens (tertiary/aromatic N) is 3. The van der Waals surface area contributed by atoms with Crippen LogP contribution in [0.5, 0.6) is 0 Å². The van der Waals surface area contributed by atoms with E-state index in [-0.39, 0.29) is 27.5 Å². The number of nitrogens with one attached hydrogen (secondary N) is 2. The molecule has 3 aromatic rings. The molecule has 0 aliphatic heterocycles. The first-order valence-corrected chi connectivity index (χ1v) is 8.24. The minimum absolute atomic E-state index is 0.0445. The molecule has 0 saturated heterocycles. The lowest BCUT2D eigenvalue weighted by atomic mass is 10.0. The van der Waals surface area contributed by atoms with Crippen molar-refractivity contribution in [1.82, 2.24) is 25.6 Å². The number of rotatable bonds is 4. The molecule has 0 aliphatic rings. The molecule has 1 atom stereocenters. The summed E-state index contributed by atoms with van der Waals surface area (Å²) >= 11 is 5.92. The number of urea groups is 1. The summed E-state index contributed by atoms with van der Waals surface area (Å²) in [4.78, 5) is 15.1. The van der Waals surface area contributed by atoms with E-state index in [1.165, 1.54) is 24.7 Å². The van der Waals surface area contributed by atoms with Gasteiger partial charge in [0.05, 0.1) is 24.1 Å². The van der Waals surface area contributed by atoms with Crippen molar-refractivity contribution in [2.24, 2.45) is 0 Å². The van der Waals surface area contributed by atoms with Gasteiger partial charge in [-0.25, -0.2) is 28.1 Å². The first-order valence-electron chi connectivity index (χ1n) is 7.86. The molecule has 28 heavy (non-hydrogen) atoms. The van der Waals surface area contributed by atoms with Crippen molar-refractivity contribution in [1.29, 1.82) is 0 Å². The van der Waals surface area contributed by atoms with Crippen LogP contribution in [0.4, 0.5) is 18.0 Å². The number of halogens is 4. The number of hydrogen-bond acceptors (Lipinski definition) is 4. The Morgan fingerprint density at radius 2 is 1.96 bits per heavy atom. The highest BCUT2D eigenvalue weighted by Gasteiger charge is 2.20. The van der Waals surface area contributed by atoms with E-state index in [0.29, 0.717) is 0 Å². The van der Waals surface area contributed by atoms with Crippen LogP contribution in [0.1, 0.15) is 18.7 Å². The molecule has 0 spiro atoms. The molecule has 0 radical (unpaired) electrons. The number of hydroxylamine groups is 1. The Hall–Kier alpha value is -3.11. The van der Waals surface area contributed by atoms with Gasteiger partial charge in [0.1, 0.15) is 11.5 Å². The molecule has 3 N–H and O–H groups in total. The van der Waals surface area contributed by atoms with Gasteiger partial charge in [-0.15, -0.1) is 0 Å². The first-order chi connectivity index (χ1) is 13.3. The summed E-state index contributed by atoms with van der Waals surface area (Å²) in [6, 6.07) is 1.68. The Kier molecular flexibility index (Phi) is 5.52. The van der Waals surface area contributed by atoms with Crippen LogP contribution in [-0.4, -0.2) is 26.0 Å². The van der Waals surface area contributed by atoms with Crippen molar-refractivity contribution in [3.8, 4) is 16.8 Å². The standard InChI is InChI=1S/C17H13ClF3N5O2/c1-8(24-17(27)25-28)15-13(20)2-9(5-22-15)12-3-10(18)4-14(21)16(12)26-7-11(19)6-23-26/h2-8,28H,1H3,(H2,24,25,27)/t8-/m1/s1. The zero-order valence-corrected chi connectivity index (χ0v) is 15.0. The van der Waals surface area contributed by atoms with Gasteiger partial charge in [0.25, 0.3) is 0 Å². The number of aromatic nitrogens is 3. The van der Waals surface area contributed by atoms with Crippen LogP contribution in [0.25, 0.3) is 16.8 Å². The Morgan fingerprint density at radius 1 is 1.21 bits per heavy atom. The summed E-state index contributed by atoms with van der Waals surface area (Å²) in [5.74, 6) is -2.26. The van der Waals surface area contributed by atoms with Gasteiger partial charge < -0.3 is 5.32 Å². The summed E-state index contributed by atoms with van der Waals surface area (Å²) in [6.07, 6.45) is 3.12. The monoisotopic (exact) mass is 411 g/mol. The van der Waals surface area contributed by atoms with Crippen molar-refractivity contribution in [2.75, 3.05) is 0 Å². The average Bonchev–Trinajstić information content (AvgIpc) is 3.06. The van der Waals surface area contributed by atoms with E-state index in [1.807, 2.05) is 0 Å². The predicted octanol–water partition coefficient (Wildman–Crippen LogP) is 3.75. The Bertz CT molecular complexity index is 1040. The molecule has 2 aromatic heterocycles. The van der Waals surface area contributed by atoms with Gasteiger partial charge in [-0.05, 0) is 25.1 Å². The van der Waals surface area contributed by atoms with Crippen LogP contribution in [0.3, 0.4) is 0 Å². The van der Waals surface area contributed by atoms with Crippen molar-refractivity contribution in [3.05, 3.63) is 65.0 Å². The van der Waals surface area contributed by atoms with Crippen LogP contribution in [-0.2, 0) is 0 Å². The van der Waals surface area contributed by atoms with E-state index < -0.39 is 29.5 Å². The lowest BCUT2D eigenvalue weighted by molar-refractivity contribution is 0.159. The third kappa shape index (κ3) is 3.92. The van der Waals surface area contributed by atoms with Gasteiger partial charge in [0, 0.05) is 22.3 Å². The quantitative estimate of drug-likeness (QED) is 0.450. The number of carbonyl (C=O) groups excluding carboxylic acids is 1. The Morgan fingerprint density at radius 3 is 2.57 bits per heavy atom. The fraction of sp³-hybridized carbons (Fsp3) is 0.118. The summed E-state index contributed by atoms with van der Waals surface area (Å²) in [7, 11) is 0. The van der Waals surface area contributed by atoms with Crippen molar-refractivity contribution >= 4 is 17.6 Å². The predicted molar refractivity (Wildman–Crippen MR) is 93.5 cm³/mol. The molecular weight excluding hydrogens is 399 g/mol. The summed E-state index contributed by atoms with van der Waals surface area (Å²) in [5.41, 5.74) is 1.42. The van der Waals surface area contributed by atoms with Crippen LogP contribution in [0, 0.1) is 17.5 Å². The Balaban J connectivity index is 2.07. The van der Waals surface area contributed by atoms with Crippen LogP contribution >= 0.6 is 11.6 Å². The van der Waals surface area contributed by atoms with Gasteiger partial charge in [-0.1, -0.05) is 11.6 Å². The lowest BCUT2D eigenvalue weighted by Crippen LogP contribution is -2.35. The molecule has 11 heteroatoms. The maximum atomic E-state index is 14.6. The molecule has 0 saturated carbocycles. The van der Waals surface area contributed by atoms with Gasteiger partial charge in [-0.3, -0.25) is 10.2 Å². The number of benzene rings is 1. The minimum atomic E-state index is -0.933. The second-order valence-electron chi connectivity index (χ2n) is 5.78. The molecule has 0 aliphatic carbocycles. The third-order valence-electron chi connectivity index (χ3n) is 3.85. The Labute approximate surface area is 161 Å². The number of amides is 2. The van der Waals surface area contributed by atoms with E-state index in [4.69, 9.17) is 16.8 Å². The molecule has 7 nitrogen and oxygen atoms in total. The van der Waals surface area contributed by atoms with E-state index in [0.717, 1.165) is 29.2 Å². The smallest absolute Gasteiger partial charge is 0.328 e. The van der Waals surface area contributed by atoms with Crippen molar-refractivity contribution in [2.45, 2.75) is 13.0 Å². The largest absolute Gasteiger partial charge is 0.339 e.